The Kier molecular flexibility index (Phi) is 5.46. The van der Waals surface area contributed by atoms with Crippen LogP contribution in [0.15, 0.2) is 17.8 Å². The third-order valence-electron chi connectivity index (χ3n) is 3.72. The normalized spacial score (nSPS) is 14.4. The Labute approximate surface area is 147 Å². The number of hydrogen-bond acceptors (Lipinski definition) is 9. The fourth-order valence-corrected chi connectivity index (χ4v) is 3.12. The number of likely N-dealkylation sites (tertiary alicyclic amines) is 1. The van der Waals surface area contributed by atoms with E-state index in [2.05, 4.69) is 30.5 Å². The van der Waals surface area contributed by atoms with Gasteiger partial charge in [-0.25, -0.2) is 15.0 Å². The van der Waals surface area contributed by atoms with Crippen LogP contribution in [0, 0.1) is 10.1 Å². The Morgan fingerprint density at radius 1 is 1.32 bits per heavy atom. The van der Waals surface area contributed by atoms with Crippen LogP contribution in [0.1, 0.15) is 23.3 Å². The molecular formula is C14H17N7O3S. The predicted octanol–water partition coefficient (Wildman–Crippen LogP) is 1.41. The second-order valence-electron chi connectivity index (χ2n) is 5.49. The first kappa shape index (κ1) is 17.2. The largest absolute Gasteiger partial charge is 0.349 e. The molecule has 1 fully saturated rings. The summed E-state index contributed by atoms with van der Waals surface area (Å²) in [5, 5.41) is 18.3. The van der Waals surface area contributed by atoms with Crippen LogP contribution >= 0.6 is 11.3 Å². The minimum atomic E-state index is -0.572. The molecule has 1 aliphatic heterocycles. The molecule has 0 unspecified atom stereocenters. The third-order valence-corrected chi connectivity index (χ3v) is 4.47. The van der Waals surface area contributed by atoms with Crippen molar-refractivity contribution in [1.82, 2.24) is 25.2 Å². The van der Waals surface area contributed by atoms with Gasteiger partial charge in [0.2, 0.25) is 5.95 Å². The van der Waals surface area contributed by atoms with Gasteiger partial charge in [0.25, 0.3) is 5.91 Å². The summed E-state index contributed by atoms with van der Waals surface area (Å²) in [7, 11) is 0. The van der Waals surface area contributed by atoms with Gasteiger partial charge >= 0.3 is 5.69 Å². The molecule has 2 N–H and O–H groups in total. The number of hydrogen-bond donors (Lipinski definition) is 2. The lowest BCUT2D eigenvalue weighted by atomic mass is 10.4. The second-order valence-corrected chi connectivity index (χ2v) is 6.35. The van der Waals surface area contributed by atoms with Gasteiger partial charge in [0, 0.05) is 18.5 Å². The SMILES string of the molecule is O=C(NCCN1CCCC1)c1csc(Nc2ncc([N+](=O)[O-])cn2)n1. The monoisotopic (exact) mass is 363 g/mol. The fourth-order valence-electron chi connectivity index (χ4n) is 2.44. The highest BCUT2D eigenvalue weighted by molar-refractivity contribution is 7.14. The van der Waals surface area contributed by atoms with E-state index in [9.17, 15) is 14.9 Å². The van der Waals surface area contributed by atoms with Crippen molar-refractivity contribution in [3.63, 3.8) is 0 Å². The molecule has 1 amide bonds. The molecule has 0 saturated carbocycles. The molecule has 11 heteroatoms. The highest BCUT2D eigenvalue weighted by atomic mass is 32.1. The lowest BCUT2D eigenvalue weighted by Crippen LogP contribution is -2.33. The van der Waals surface area contributed by atoms with Crippen LogP contribution in [0.4, 0.5) is 16.8 Å². The van der Waals surface area contributed by atoms with Crippen LogP contribution in [0.3, 0.4) is 0 Å². The Balaban J connectivity index is 1.50. The first-order valence-electron chi connectivity index (χ1n) is 7.81. The summed E-state index contributed by atoms with van der Waals surface area (Å²) in [4.78, 5) is 36.3. The lowest BCUT2D eigenvalue weighted by molar-refractivity contribution is -0.385. The van der Waals surface area contributed by atoms with Crippen molar-refractivity contribution in [2.45, 2.75) is 12.8 Å². The predicted molar refractivity (Wildman–Crippen MR) is 92.1 cm³/mol. The maximum Gasteiger partial charge on any atom is 0.305 e. The number of nitrogens with one attached hydrogen (secondary N) is 2. The van der Waals surface area contributed by atoms with Gasteiger partial charge in [0.05, 0.1) is 4.92 Å². The van der Waals surface area contributed by atoms with Crippen molar-refractivity contribution >= 4 is 34.0 Å². The van der Waals surface area contributed by atoms with Crippen molar-refractivity contribution in [2.24, 2.45) is 0 Å². The maximum atomic E-state index is 12.1. The topological polar surface area (TPSA) is 126 Å². The number of nitrogens with zero attached hydrogens (tertiary/aromatic N) is 5. The highest BCUT2D eigenvalue weighted by Gasteiger charge is 2.14. The molecule has 0 aliphatic carbocycles. The van der Waals surface area contributed by atoms with Gasteiger partial charge in [-0.2, -0.15) is 0 Å². The summed E-state index contributed by atoms with van der Waals surface area (Å²) in [5.74, 6) is -0.0472. The number of carbonyl (C=O) groups is 1. The summed E-state index contributed by atoms with van der Waals surface area (Å²) in [5.41, 5.74) is 0.124. The van der Waals surface area contributed by atoms with Gasteiger partial charge in [-0.3, -0.25) is 14.9 Å². The molecular weight excluding hydrogens is 346 g/mol. The van der Waals surface area contributed by atoms with Crippen molar-refractivity contribution in [2.75, 3.05) is 31.5 Å². The van der Waals surface area contributed by atoms with E-state index in [1.165, 1.54) is 24.2 Å². The Morgan fingerprint density at radius 3 is 2.72 bits per heavy atom. The molecule has 1 aliphatic rings. The van der Waals surface area contributed by atoms with Gasteiger partial charge in [0.1, 0.15) is 18.1 Å². The molecule has 0 aromatic carbocycles. The van der Waals surface area contributed by atoms with E-state index in [0.29, 0.717) is 17.4 Å². The zero-order valence-electron chi connectivity index (χ0n) is 13.3. The van der Waals surface area contributed by atoms with E-state index in [1.807, 2.05) is 0 Å². The molecule has 0 radical (unpaired) electrons. The lowest BCUT2D eigenvalue weighted by Gasteiger charge is -2.14. The number of nitro groups is 1. The molecule has 10 nitrogen and oxygen atoms in total. The van der Waals surface area contributed by atoms with Crippen molar-refractivity contribution < 1.29 is 9.72 Å². The number of carbonyl (C=O) groups excluding carboxylic acids is 1. The van der Waals surface area contributed by atoms with E-state index < -0.39 is 4.92 Å². The molecule has 3 heterocycles. The van der Waals surface area contributed by atoms with Crippen molar-refractivity contribution in [3.05, 3.63) is 33.6 Å². The highest BCUT2D eigenvalue weighted by Crippen LogP contribution is 2.19. The van der Waals surface area contributed by atoms with Crippen molar-refractivity contribution in [1.29, 1.82) is 0 Å². The molecule has 0 atom stereocenters. The Morgan fingerprint density at radius 2 is 2.04 bits per heavy atom. The maximum absolute atomic E-state index is 12.1. The molecule has 0 spiro atoms. The van der Waals surface area contributed by atoms with Crippen LogP contribution < -0.4 is 10.6 Å². The van der Waals surface area contributed by atoms with Gasteiger partial charge in [0.15, 0.2) is 5.13 Å². The van der Waals surface area contributed by atoms with E-state index in [4.69, 9.17) is 0 Å². The van der Waals surface area contributed by atoms with Crippen LogP contribution in [0.5, 0.6) is 0 Å². The molecule has 25 heavy (non-hydrogen) atoms. The molecule has 132 valence electrons. The number of amides is 1. The second kappa shape index (κ2) is 7.94. The summed E-state index contributed by atoms with van der Waals surface area (Å²) in [6.07, 6.45) is 4.66. The van der Waals surface area contributed by atoms with Crippen molar-refractivity contribution in [3.8, 4) is 0 Å². The smallest absolute Gasteiger partial charge is 0.305 e. The minimum Gasteiger partial charge on any atom is -0.349 e. The number of rotatable bonds is 7. The Hall–Kier alpha value is -2.66. The minimum absolute atomic E-state index is 0.181. The molecule has 2 aromatic heterocycles. The molecule has 2 aromatic rings. The van der Waals surface area contributed by atoms with Gasteiger partial charge in [-0.15, -0.1) is 11.3 Å². The Bertz CT molecular complexity index is 743. The number of thiazole rings is 1. The van der Waals surface area contributed by atoms with Gasteiger partial charge in [-0.05, 0) is 25.9 Å². The quantitative estimate of drug-likeness (QED) is 0.558. The summed E-state index contributed by atoms with van der Waals surface area (Å²) < 4.78 is 0. The molecule has 3 rings (SSSR count). The first-order valence-corrected chi connectivity index (χ1v) is 8.69. The van der Waals surface area contributed by atoms with Crippen LogP contribution in [-0.4, -0.2) is 56.9 Å². The fraction of sp³-hybridized carbons (Fsp3) is 0.429. The van der Waals surface area contributed by atoms with Crippen LogP contribution in [0.2, 0.25) is 0 Å². The van der Waals surface area contributed by atoms with E-state index >= 15 is 0 Å². The first-order chi connectivity index (χ1) is 12.1. The van der Waals surface area contributed by atoms with E-state index in [0.717, 1.165) is 32.0 Å². The van der Waals surface area contributed by atoms with E-state index in [-0.39, 0.29) is 17.5 Å². The zero-order chi connectivity index (χ0) is 17.6. The standard InChI is InChI=1S/C14H17N7O3S/c22-12(15-3-6-20-4-1-2-5-20)11-9-25-14(18-11)19-13-16-7-10(8-17-13)21(23)24/h7-9H,1-6H2,(H,15,22)(H,16,17,18,19). The summed E-state index contributed by atoms with van der Waals surface area (Å²) in [6, 6.07) is 0. The van der Waals surface area contributed by atoms with Gasteiger partial charge in [-0.1, -0.05) is 0 Å². The van der Waals surface area contributed by atoms with Crippen LogP contribution in [-0.2, 0) is 0 Å². The summed E-state index contributed by atoms with van der Waals surface area (Å²) >= 11 is 1.23. The van der Waals surface area contributed by atoms with Gasteiger partial charge < -0.3 is 15.5 Å². The summed E-state index contributed by atoms with van der Waals surface area (Å²) in [6.45, 7) is 3.62. The average Bonchev–Trinajstić information content (AvgIpc) is 3.27. The average molecular weight is 363 g/mol. The number of anilines is 2. The number of aromatic nitrogens is 3. The zero-order valence-corrected chi connectivity index (χ0v) is 14.2. The van der Waals surface area contributed by atoms with E-state index in [1.54, 1.807) is 5.38 Å². The van der Waals surface area contributed by atoms with Crippen LogP contribution in [0.25, 0.3) is 0 Å². The third kappa shape index (κ3) is 4.67. The molecule has 0 bridgehead atoms. The molecule has 1 saturated heterocycles.